The van der Waals surface area contributed by atoms with Crippen molar-refractivity contribution in [1.82, 2.24) is 10.3 Å². The second-order valence-corrected chi connectivity index (χ2v) is 4.35. The summed E-state index contributed by atoms with van der Waals surface area (Å²) in [6.45, 7) is 3.25. The predicted molar refractivity (Wildman–Crippen MR) is 65.0 cm³/mol. The van der Waals surface area contributed by atoms with Crippen molar-refractivity contribution in [2.75, 3.05) is 13.7 Å². The molecule has 1 aliphatic rings. The van der Waals surface area contributed by atoms with Crippen molar-refractivity contribution < 1.29 is 4.74 Å². The molecule has 1 aliphatic heterocycles. The van der Waals surface area contributed by atoms with Gasteiger partial charge in [0.2, 0.25) is 0 Å². The van der Waals surface area contributed by atoms with Gasteiger partial charge in [0, 0.05) is 22.6 Å². The number of hydrogen-bond acceptors (Lipinski definition) is 2. The van der Waals surface area contributed by atoms with E-state index in [4.69, 9.17) is 4.74 Å². The standard InChI is InChI=1S/C13H16N2O/c1-8-13-10(5-6-14-8)11-7-9(16-2)3-4-12(11)15-13/h3-4,7-8,14-15H,5-6H2,1-2H3/t8-/m1/s1. The van der Waals surface area contributed by atoms with E-state index in [0.29, 0.717) is 6.04 Å². The van der Waals surface area contributed by atoms with Gasteiger partial charge >= 0.3 is 0 Å². The Morgan fingerprint density at radius 3 is 3.06 bits per heavy atom. The zero-order chi connectivity index (χ0) is 11.1. The average molecular weight is 216 g/mol. The van der Waals surface area contributed by atoms with Crippen molar-refractivity contribution in [2.24, 2.45) is 0 Å². The molecular weight excluding hydrogens is 200 g/mol. The molecule has 3 nitrogen and oxygen atoms in total. The third-order valence-electron chi connectivity index (χ3n) is 3.40. The number of H-pyrrole nitrogens is 1. The summed E-state index contributed by atoms with van der Waals surface area (Å²) in [7, 11) is 1.71. The number of methoxy groups -OCH3 is 1. The fourth-order valence-electron chi connectivity index (χ4n) is 2.53. The van der Waals surface area contributed by atoms with Crippen molar-refractivity contribution in [3.05, 3.63) is 29.5 Å². The highest BCUT2D eigenvalue weighted by atomic mass is 16.5. The SMILES string of the molecule is COc1ccc2[nH]c3c(c2c1)CCN[C@@H]3C. The van der Waals surface area contributed by atoms with Gasteiger partial charge < -0.3 is 15.0 Å². The molecule has 1 aromatic heterocycles. The van der Waals surface area contributed by atoms with E-state index in [1.165, 1.54) is 22.2 Å². The summed E-state index contributed by atoms with van der Waals surface area (Å²) >= 11 is 0. The van der Waals surface area contributed by atoms with Crippen LogP contribution in [0.2, 0.25) is 0 Å². The molecule has 1 atom stereocenters. The molecule has 0 spiro atoms. The Morgan fingerprint density at radius 2 is 2.25 bits per heavy atom. The molecule has 2 aromatic rings. The fourth-order valence-corrected chi connectivity index (χ4v) is 2.53. The Morgan fingerprint density at radius 1 is 1.38 bits per heavy atom. The van der Waals surface area contributed by atoms with Crippen molar-refractivity contribution in [3.8, 4) is 5.75 Å². The predicted octanol–water partition coefficient (Wildman–Crippen LogP) is 2.38. The van der Waals surface area contributed by atoms with Crippen LogP contribution in [-0.2, 0) is 6.42 Å². The van der Waals surface area contributed by atoms with E-state index in [2.05, 4.69) is 29.4 Å². The van der Waals surface area contributed by atoms with Gasteiger partial charge in [0.05, 0.1) is 7.11 Å². The molecule has 3 heteroatoms. The van der Waals surface area contributed by atoms with Crippen molar-refractivity contribution in [3.63, 3.8) is 0 Å². The van der Waals surface area contributed by atoms with Crippen LogP contribution in [0.5, 0.6) is 5.75 Å². The molecule has 0 radical (unpaired) electrons. The second-order valence-electron chi connectivity index (χ2n) is 4.35. The van der Waals surface area contributed by atoms with Crippen LogP contribution in [0.3, 0.4) is 0 Å². The van der Waals surface area contributed by atoms with Crippen LogP contribution < -0.4 is 10.1 Å². The molecule has 0 saturated carbocycles. The van der Waals surface area contributed by atoms with Gasteiger partial charge in [-0.15, -0.1) is 0 Å². The minimum atomic E-state index is 0.419. The smallest absolute Gasteiger partial charge is 0.119 e. The molecule has 0 saturated heterocycles. The van der Waals surface area contributed by atoms with E-state index in [1.807, 2.05) is 6.07 Å². The summed E-state index contributed by atoms with van der Waals surface area (Å²) in [6, 6.07) is 6.65. The van der Waals surface area contributed by atoms with Crippen molar-refractivity contribution in [2.45, 2.75) is 19.4 Å². The number of rotatable bonds is 1. The van der Waals surface area contributed by atoms with Crippen molar-refractivity contribution >= 4 is 10.9 Å². The quantitative estimate of drug-likeness (QED) is 0.768. The Hall–Kier alpha value is -1.48. The molecule has 1 aromatic carbocycles. The highest BCUT2D eigenvalue weighted by molar-refractivity contribution is 5.86. The molecule has 0 aliphatic carbocycles. The highest BCUT2D eigenvalue weighted by Crippen LogP contribution is 2.31. The van der Waals surface area contributed by atoms with Crippen LogP contribution >= 0.6 is 0 Å². The van der Waals surface area contributed by atoms with Crippen LogP contribution in [0.4, 0.5) is 0 Å². The lowest BCUT2D eigenvalue weighted by Crippen LogP contribution is -2.27. The van der Waals surface area contributed by atoms with E-state index in [0.717, 1.165) is 18.7 Å². The molecular formula is C13H16N2O. The van der Waals surface area contributed by atoms with E-state index in [9.17, 15) is 0 Å². The first-order chi connectivity index (χ1) is 7.79. The minimum Gasteiger partial charge on any atom is -0.497 e. The second kappa shape index (κ2) is 3.52. The maximum atomic E-state index is 5.28. The van der Waals surface area contributed by atoms with Crippen LogP contribution in [-0.4, -0.2) is 18.6 Å². The minimum absolute atomic E-state index is 0.419. The Balaban J connectivity index is 2.25. The summed E-state index contributed by atoms with van der Waals surface area (Å²) in [4.78, 5) is 3.50. The third-order valence-corrected chi connectivity index (χ3v) is 3.40. The third kappa shape index (κ3) is 1.32. The summed E-state index contributed by atoms with van der Waals surface area (Å²) in [5.74, 6) is 0.931. The molecule has 0 amide bonds. The number of hydrogen-bond donors (Lipinski definition) is 2. The van der Waals surface area contributed by atoms with Crippen LogP contribution in [0, 0.1) is 0 Å². The van der Waals surface area contributed by atoms with Crippen LogP contribution in [0.15, 0.2) is 18.2 Å². The largest absolute Gasteiger partial charge is 0.497 e. The molecule has 0 unspecified atom stereocenters. The van der Waals surface area contributed by atoms with E-state index >= 15 is 0 Å². The van der Waals surface area contributed by atoms with E-state index in [1.54, 1.807) is 7.11 Å². The van der Waals surface area contributed by atoms with Gasteiger partial charge in [-0.3, -0.25) is 0 Å². The monoisotopic (exact) mass is 216 g/mol. The molecule has 3 rings (SSSR count). The number of fused-ring (bicyclic) bond motifs is 3. The first kappa shape index (κ1) is 9.73. The zero-order valence-corrected chi connectivity index (χ0v) is 9.63. The van der Waals surface area contributed by atoms with Crippen LogP contribution in [0.25, 0.3) is 10.9 Å². The van der Waals surface area contributed by atoms with Gasteiger partial charge in [0.1, 0.15) is 5.75 Å². The lowest BCUT2D eigenvalue weighted by atomic mass is 10.0. The Kier molecular flexibility index (Phi) is 2.14. The van der Waals surface area contributed by atoms with Gasteiger partial charge in [0.15, 0.2) is 0 Å². The summed E-state index contributed by atoms with van der Waals surface area (Å²) in [5, 5.41) is 4.77. The maximum absolute atomic E-state index is 5.28. The lowest BCUT2D eigenvalue weighted by Gasteiger charge is -2.20. The lowest BCUT2D eigenvalue weighted by molar-refractivity contribution is 0.415. The molecule has 16 heavy (non-hydrogen) atoms. The molecule has 2 N–H and O–H groups in total. The maximum Gasteiger partial charge on any atom is 0.119 e. The highest BCUT2D eigenvalue weighted by Gasteiger charge is 2.20. The first-order valence-corrected chi connectivity index (χ1v) is 5.71. The van der Waals surface area contributed by atoms with Crippen LogP contribution in [0.1, 0.15) is 24.2 Å². The number of ether oxygens (including phenoxy) is 1. The summed E-state index contributed by atoms with van der Waals surface area (Å²) in [6.07, 6.45) is 1.09. The van der Waals surface area contributed by atoms with E-state index in [-0.39, 0.29) is 0 Å². The Labute approximate surface area is 94.8 Å². The zero-order valence-electron chi connectivity index (χ0n) is 9.63. The van der Waals surface area contributed by atoms with E-state index < -0.39 is 0 Å². The number of nitrogens with one attached hydrogen (secondary N) is 2. The normalized spacial score (nSPS) is 19.8. The number of aromatic nitrogens is 1. The van der Waals surface area contributed by atoms with Gasteiger partial charge in [-0.1, -0.05) is 0 Å². The number of benzene rings is 1. The van der Waals surface area contributed by atoms with Gasteiger partial charge in [-0.2, -0.15) is 0 Å². The summed E-state index contributed by atoms with van der Waals surface area (Å²) < 4.78 is 5.28. The molecule has 2 heterocycles. The first-order valence-electron chi connectivity index (χ1n) is 5.71. The topological polar surface area (TPSA) is 37.0 Å². The molecule has 84 valence electrons. The van der Waals surface area contributed by atoms with Gasteiger partial charge in [-0.25, -0.2) is 0 Å². The van der Waals surface area contributed by atoms with Gasteiger partial charge in [0.25, 0.3) is 0 Å². The molecule has 0 fully saturated rings. The average Bonchev–Trinajstić information content (AvgIpc) is 2.68. The summed E-state index contributed by atoms with van der Waals surface area (Å²) in [5.41, 5.74) is 3.98. The number of aromatic amines is 1. The Bertz CT molecular complexity index is 530. The van der Waals surface area contributed by atoms with Gasteiger partial charge in [-0.05, 0) is 43.7 Å². The fraction of sp³-hybridized carbons (Fsp3) is 0.385. The van der Waals surface area contributed by atoms with Crippen molar-refractivity contribution in [1.29, 1.82) is 0 Å². The molecule has 0 bridgehead atoms.